The van der Waals surface area contributed by atoms with E-state index in [2.05, 4.69) is 4.98 Å². The highest BCUT2D eigenvalue weighted by atomic mass is 16.1. The molecule has 0 atom stereocenters. The van der Waals surface area contributed by atoms with Gasteiger partial charge in [-0.1, -0.05) is 0 Å². The lowest BCUT2D eigenvalue weighted by molar-refractivity contribution is -0.109. The molecule has 0 aliphatic heterocycles. The monoisotopic (exact) mass is 167 g/mol. The second kappa shape index (κ2) is 2.97. The average Bonchev–Trinajstić information content (AvgIpc) is 2.36. The zero-order chi connectivity index (χ0) is 9.19. The molecule has 1 aromatic heterocycles. The van der Waals surface area contributed by atoms with Crippen molar-refractivity contribution in [2.24, 2.45) is 0 Å². The summed E-state index contributed by atoms with van der Waals surface area (Å²) in [4.78, 5) is 14.2. The number of anilines is 1. The zero-order valence-electron chi connectivity index (χ0n) is 7.32. The molecule has 0 bridgehead atoms. The van der Waals surface area contributed by atoms with E-state index in [0.717, 1.165) is 6.29 Å². The molecule has 0 unspecified atom stereocenters. The first-order valence-corrected chi connectivity index (χ1v) is 3.80. The summed E-state index contributed by atoms with van der Waals surface area (Å²) in [5, 5.41) is 0. The molecular formula is C8H13N3O. The van der Waals surface area contributed by atoms with Crippen LogP contribution in [0.4, 0.5) is 5.82 Å². The van der Waals surface area contributed by atoms with Gasteiger partial charge in [0.15, 0.2) is 0 Å². The molecule has 0 saturated heterocycles. The fraction of sp³-hybridized carbons (Fsp3) is 0.500. The summed E-state index contributed by atoms with van der Waals surface area (Å²) in [6, 6.07) is 0. The number of nitrogens with zero attached hydrogens (tertiary/aromatic N) is 2. The fourth-order valence-electron chi connectivity index (χ4n) is 0.978. The lowest BCUT2D eigenvalue weighted by atomic mass is 10.0. The molecule has 0 fully saturated rings. The topological polar surface area (TPSA) is 60.9 Å². The quantitative estimate of drug-likeness (QED) is 0.677. The number of hydrogen-bond acceptors (Lipinski definition) is 3. The Hall–Kier alpha value is -1.32. The van der Waals surface area contributed by atoms with Crippen molar-refractivity contribution >= 4 is 12.1 Å². The number of imidazole rings is 1. The van der Waals surface area contributed by atoms with Crippen LogP contribution in [0.3, 0.4) is 0 Å². The molecule has 0 aromatic carbocycles. The summed E-state index contributed by atoms with van der Waals surface area (Å²) >= 11 is 0. The number of nitrogen functional groups attached to an aromatic ring is 1. The van der Waals surface area contributed by atoms with Crippen LogP contribution in [0.5, 0.6) is 0 Å². The molecular weight excluding hydrogens is 154 g/mol. The van der Waals surface area contributed by atoms with Gasteiger partial charge in [0.1, 0.15) is 12.1 Å². The minimum absolute atomic E-state index is 0.230. The van der Waals surface area contributed by atoms with Gasteiger partial charge in [-0.15, -0.1) is 0 Å². The smallest absolute Gasteiger partial charge is 0.141 e. The first kappa shape index (κ1) is 8.77. The van der Waals surface area contributed by atoms with Crippen molar-refractivity contribution in [2.75, 3.05) is 5.73 Å². The SMILES string of the molecule is CC(C)(CC=O)n1cnc(N)c1. The van der Waals surface area contributed by atoms with Crippen LogP contribution >= 0.6 is 0 Å². The number of nitrogens with two attached hydrogens (primary N) is 1. The van der Waals surface area contributed by atoms with E-state index in [1.807, 2.05) is 18.4 Å². The Bertz CT molecular complexity index is 278. The maximum atomic E-state index is 10.3. The predicted octanol–water partition coefficient (Wildman–Crippen LogP) is 0.789. The van der Waals surface area contributed by atoms with Crippen molar-refractivity contribution in [1.82, 2.24) is 9.55 Å². The van der Waals surface area contributed by atoms with Crippen molar-refractivity contribution in [3.8, 4) is 0 Å². The summed E-state index contributed by atoms with van der Waals surface area (Å²) in [6.07, 6.45) is 4.72. The molecule has 4 nitrogen and oxygen atoms in total. The summed E-state index contributed by atoms with van der Waals surface area (Å²) in [6.45, 7) is 3.92. The van der Waals surface area contributed by atoms with Crippen LogP contribution in [0.2, 0.25) is 0 Å². The van der Waals surface area contributed by atoms with Crippen LogP contribution in [0.15, 0.2) is 12.5 Å². The van der Waals surface area contributed by atoms with Gasteiger partial charge in [0.05, 0.1) is 6.33 Å². The first-order chi connectivity index (χ1) is 5.56. The Balaban J connectivity index is 2.88. The van der Waals surface area contributed by atoms with Crippen molar-refractivity contribution < 1.29 is 4.79 Å². The van der Waals surface area contributed by atoms with Gasteiger partial charge in [-0.05, 0) is 13.8 Å². The Kier molecular flexibility index (Phi) is 2.17. The van der Waals surface area contributed by atoms with Crippen molar-refractivity contribution in [3.05, 3.63) is 12.5 Å². The van der Waals surface area contributed by atoms with Crippen molar-refractivity contribution in [2.45, 2.75) is 25.8 Å². The summed E-state index contributed by atoms with van der Waals surface area (Å²) in [5.41, 5.74) is 5.22. The Morgan fingerprint density at radius 3 is 2.83 bits per heavy atom. The van der Waals surface area contributed by atoms with Gasteiger partial charge in [-0.3, -0.25) is 0 Å². The molecule has 0 radical (unpaired) electrons. The average molecular weight is 167 g/mol. The first-order valence-electron chi connectivity index (χ1n) is 3.80. The van der Waals surface area contributed by atoms with E-state index in [1.165, 1.54) is 0 Å². The summed E-state index contributed by atoms with van der Waals surface area (Å²) < 4.78 is 1.84. The maximum absolute atomic E-state index is 10.3. The van der Waals surface area contributed by atoms with Gasteiger partial charge in [0.2, 0.25) is 0 Å². The molecule has 0 aliphatic rings. The molecule has 1 heterocycles. The molecule has 1 aromatic rings. The minimum atomic E-state index is -0.230. The zero-order valence-corrected chi connectivity index (χ0v) is 7.32. The number of carbonyl (C=O) groups is 1. The second-order valence-electron chi connectivity index (χ2n) is 3.39. The van der Waals surface area contributed by atoms with Gasteiger partial charge in [-0.2, -0.15) is 0 Å². The van der Waals surface area contributed by atoms with Gasteiger partial charge in [-0.25, -0.2) is 4.98 Å². The van der Waals surface area contributed by atoms with E-state index >= 15 is 0 Å². The van der Waals surface area contributed by atoms with Crippen LogP contribution in [-0.2, 0) is 10.3 Å². The van der Waals surface area contributed by atoms with Crippen LogP contribution in [0, 0.1) is 0 Å². The normalized spacial score (nSPS) is 11.5. The van der Waals surface area contributed by atoms with Crippen LogP contribution in [-0.4, -0.2) is 15.8 Å². The molecule has 1 rings (SSSR count). The van der Waals surface area contributed by atoms with Gasteiger partial charge in [0, 0.05) is 18.2 Å². The molecule has 0 saturated carbocycles. The third-order valence-corrected chi connectivity index (χ3v) is 1.88. The van der Waals surface area contributed by atoms with E-state index in [-0.39, 0.29) is 5.54 Å². The Morgan fingerprint density at radius 2 is 2.42 bits per heavy atom. The molecule has 0 amide bonds. The molecule has 0 aliphatic carbocycles. The van der Waals surface area contributed by atoms with Crippen molar-refractivity contribution in [1.29, 1.82) is 0 Å². The predicted molar refractivity (Wildman–Crippen MR) is 46.6 cm³/mol. The van der Waals surface area contributed by atoms with E-state index in [9.17, 15) is 4.79 Å². The Morgan fingerprint density at radius 1 is 1.75 bits per heavy atom. The van der Waals surface area contributed by atoms with Gasteiger partial charge >= 0.3 is 0 Å². The van der Waals surface area contributed by atoms with E-state index in [0.29, 0.717) is 12.2 Å². The standard InChI is InChI=1S/C8H13N3O/c1-8(2,3-4-12)11-5-7(9)10-6-11/h4-6H,3,9H2,1-2H3. The molecule has 4 heteroatoms. The number of carbonyl (C=O) groups excluding carboxylic acids is 1. The number of aromatic nitrogens is 2. The minimum Gasteiger partial charge on any atom is -0.382 e. The lowest BCUT2D eigenvalue weighted by Crippen LogP contribution is -2.25. The third-order valence-electron chi connectivity index (χ3n) is 1.88. The lowest BCUT2D eigenvalue weighted by Gasteiger charge is -2.23. The Labute approximate surface area is 71.4 Å². The molecule has 12 heavy (non-hydrogen) atoms. The largest absolute Gasteiger partial charge is 0.382 e. The van der Waals surface area contributed by atoms with E-state index in [1.54, 1.807) is 12.5 Å². The number of hydrogen-bond donors (Lipinski definition) is 1. The maximum Gasteiger partial charge on any atom is 0.141 e. The molecule has 66 valence electrons. The number of rotatable bonds is 3. The van der Waals surface area contributed by atoms with Crippen LogP contribution in [0.25, 0.3) is 0 Å². The van der Waals surface area contributed by atoms with Gasteiger partial charge < -0.3 is 15.1 Å². The highest BCUT2D eigenvalue weighted by Gasteiger charge is 2.18. The third kappa shape index (κ3) is 1.64. The number of aldehydes is 1. The summed E-state index contributed by atoms with van der Waals surface area (Å²) in [5.74, 6) is 0.481. The molecule has 0 spiro atoms. The second-order valence-corrected chi connectivity index (χ2v) is 3.39. The van der Waals surface area contributed by atoms with Crippen LogP contribution in [0.1, 0.15) is 20.3 Å². The van der Waals surface area contributed by atoms with E-state index in [4.69, 9.17) is 5.73 Å². The van der Waals surface area contributed by atoms with Crippen LogP contribution < -0.4 is 5.73 Å². The van der Waals surface area contributed by atoms with Gasteiger partial charge in [0.25, 0.3) is 0 Å². The highest BCUT2D eigenvalue weighted by Crippen LogP contribution is 2.18. The molecule has 2 N–H and O–H groups in total. The highest BCUT2D eigenvalue weighted by molar-refractivity contribution is 5.51. The van der Waals surface area contributed by atoms with E-state index < -0.39 is 0 Å². The fourth-order valence-corrected chi connectivity index (χ4v) is 0.978. The summed E-state index contributed by atoms with van der Waals surface area (Å²) in [7, 11) is 0. The van der Waals surface area contributed by atoms with Crippen molar-refractivity contribution in [3.63, 3.8) is 0 Å².